The van der Waals surface area contributed by atoms with Gasteiger partial charge in [0.25, 0.3) is 0 Å². The van der Waals surface area contributed by atoms with Gasteiger partial charge in [-0.1, -0.05) is 29.5 Å². The summed E-state index contributed by atoms with van der Waals surface area (Å²) in [7, 11) is 0. The van der Waals surface area contributed by atoms with Crippen LogP contribution in [0.4, 0.5) is 5.69 Å². The summed E-state index contributed by atoms with van der Waals surface area (Å²) in [5, 5.41) is 12.0. The monoisotopic (exact) mass is 432 g/mol. The summed E-state index contributed by atoms with van der Waals surface area (Å²) in [4.78, 5) is 23.8. The van der Waals surface area contributed by atoms with Crippen LogP contribution in [0.3, 0.4) is 0 Å². The van der Waals surface area contributed by atoms with E-state index in [-0.39, 0.29) is 17.4 Å². The zero-order valence-electron chi connectivity index (χ0n) is 17.0. The van der Waals surface area contributed by atoms with Crippen molar-refractivity contribution in [1.29, 1.82) is 0 Å². The lowest BCUT2D eigenvalue weighted by Crippen LogP contribution is -2.14. The van der Waals surface area contributed by atoms with Gasteiger partial charge in [-0.25, -0.2) is 0 Å². The number of thioether (sulfide) groups is 1. The maximum absolute atomic E-state index is 12.5. The van der Waals surface area contributed by atoms with Crippen LogP contribution in [0.15, 0.2) is 76.5 Å². The van der Waals surface area contributed by atoms with Crippen molar-refractivity contribution in [2.45, 2.75) is 19.0 Å². The largest absolute Gasteiger partial charge is 0.461 e. The van der Waals surface area contributed by atoms with E-state index in [2.05, 4.69) is 15.5 Å². The molecule has 0 spiro atoms. The SMILES string of the molecule is CC(=O)c1ccc(NC(=O)CSc2nnc(-c3ccco3)n2-c2ccc(C)cc2)cc1. The van der Waals surface area contributed by atoms with E-state index in [0.717, 1.165) is 11.3 Å². The number of carbonyl (C=O) groups is 2. The van der Waals surface area contributed by atoms with Gasteiger partial charge < -0.3 is 9.73 Å². The lowest BCUT2D eigenvalue weighted by Gasteiger charge is -2.10. The standard InChI is InChI=1S/C23H20N4O3S/c1-15-5-11-19(12-6-15)27-22(20-4-3-13-30-20)25-26-23(27)31-14-21(29)24-18-9-7-17(8-10-18)16(2)28/h3-13H,14H2,1-2H3,(H,24,29). The number of rotatable bonds is 7. The third-order valence-electron chi connectivity index (χ3n) is 4.57. The van der Waals surface area contributed by atoms with E-state index in [1.165, 1.54) is 18.7 Å². The van der Waals surface area contributed by atoms with E-state index in [1.54, 1.807) is 36.6 Å². The fourth-order valence-corrected chi connectivity index (χ4v) is 3.72. The highest BCUT2D eigenvalue weighted by molar-refractivity contribution is 7.99. The van der Waals surface area contributed by atoms with Crippen molar-refractivity contribution >= 4 is 29.1 Å². The Labute approximate surface area is 183 Å². The summed E-state index contributed by atoms with van der Waals surface area (Å²) in [5.41, 5.74) is 3.25. The zero-order chi connectivity index (χ0) is 21.8. The van der Waals surface area contributed by atoms with Crippen molar-refractivity contribution in [3.8, 4) is 17.3 Å². The molecule has 0 saturated heterocycles. The van der Waals surface area contributed by atoms with Gasteiger partial charge in [0, 0.05) is 16.9 Å². The third-order valence-corrected chi connectivity index (χ3v) is 5.50. The second kappa shape index (κ2) is 9.01. The van der Waals surface area contributed by atoms with Gasteiger partial charge in [0.05, 0.1) is 12.0 Å². The number of nitrogens with zero attached hydrogens (tertiary/aromatic N) is 3. The van der Waals surface area contributed by atoms with Gasteiger partial charge in [-0.15, -0.1) is 10.2 Å². The Balaban J connectivity index is 1.52. The molecule has 0 atom stereocenters. The van der Waals surface area contributed by atoms with Crippen LogP contribution in [0.5, 0.6) is 0 Å². The quantitative estimate of drug-likeness (QED) is 0.334. The number of hydrogen-bond acceptors (Lipinski definition) is 6. The minimum Gasteiger partial charge on any atom is -0.461 e. The number of aryl methyl sites for hydroxylation is 1. The van der Waals surface area contributed by atoms with Gasteiger partial charge in [-0.2, -0.15) is 0 Å². The number of amides is 1. The first-order valence-corrected chi connectivity index (χ1v) is 10.6. The number of nitrogens with one attached hydrogen (secondary N) is 1. The summed E-state index contributed by atoms with van der Waals surface area (Å²) in [6, 6.07) is 18.4. The molecule has 0 aliphatic carbocycles. The Morgan fingerprint density at radius 2 is 1.77 bits per heavy atom. The van der Waals surface area contributed by atoms with Crippen molar-refractivity contribution in [3.63, 3.8) is 0 Å². The molecule has 4 aromatic rings. The molecule has 31 heavy (non-hydrogen) atoms. The smallest absolute Gasteiger partial charge is 0.234 e. The number of Topliss-reactive ketones (excluding diaryl/α,β-unsaturated/α-hetero) is 1. The number of hydrogen-bond donors (Lipinski definition) is 1. The van der Waals surface area contributed by atoms with Gasteiger partial charge in [-0.3, -0.25) is 14.2 Å². The summed E-state index contributed by atoms with van der Waals surface area (Å²) in [6.07, 6.45) is 1.58. The van der Waals surface area contributed by atoms with Crippen LogP contribution in [0.25, 0.3) is 17.3 Å². The molecule has 0 radical (unpaired) electrons. The summed E-state index contributed by atoms with van der Waals surface area (Å²) in [5.74, 6) is 1.11. The first-order chi connectivity index (χ1) is 15.0. The lowest BCUT2D eigenvalue weighted by atomic mass is 10.1. The average Bonchev–Trinajstić information content (AvgIpc) is 3.43. The molecule has 0 bridgehead atoms. The predicted molar refractivity (Wildman–Crippen MR) is 120 cm³/mol. The van der Waals surface area contributed by atoms with E-state index >= 15 is 0 Å². The Bertz CT molecular complexity index is 1200. The molecule has 1 N–H and O–H groups in total. The van der Waals surface area contributed by atoms with E-state index in [4.69, 9.17) is 4.42 Å². The Morgan fingerprint density at radius 3 is 2.42 bits per heavy atom. The highest BCUT2D eigenvalue weighted by atomic mass is 32.2. The third kappa shape index (κ3) is 4.75. The number of furan rings is 1. The predicted octanol–water partition coefficient (Wildman–Crippen LogP) is 4.77. The van der Waals surface area contributed by atoms with Gasteiger partial charge in [-0.05, 0) is 62.4 Å². The van der Waals surface area contributed by atoms with Crippen LogP contribution in [0, 0.1) is 6.92 Å². The van der Waals surface area contributed by atoms with Crippen LogP contribution >= 0.6 is 11.8 Å². The van der Waals surface area contributed by atoms with Gasteiger partial charge >= 0.3 is 0 Å². The average molecular weight is 433 g/mol. The Hall–Kier alpha value is -3.65. The summed E-state index contributed by atoms with van der Waals surface area (Å²) < 4.78 is 7.39. The van der Waals surface area contributed by atoms with Gasteiger partial charge in [0.15, 0.2) is 16.7 Å². The maximum atomic E-state index is 12.5. The normalized spacial score (nSPS) is 10.8. The number of aromatic nitrogens is 3. The topological polar surface area (TPSA) is 90.0 Å². The van der Waals surface area contributed by atoms with E-state index in [9.17, 15) is 9.59 Å². The molecule has 4 rings (SSSR count). The highest BCUT2D eigenvalue weighted by Crippen LogP contribution is 2.28. The van der Waals surface area contributed by atoms with Crippen molar-refractivity contribution in [3.05, 3.63) is 78.1 Å². The molecule has 0 saturated carbocycles. The fraction of sp³-hybridized carbons (Fsp3) is 0.130. The molecule has 0 aliphatic rings. The first-order valence-electron chi connectivity index (χ1n) is 9.61. The van der Waals surface area contributed by atoms with Crippen molar-refractivity contribution in [2.75, 3.05) is 11.1 Å². The maximum Gasteiger partial charge on any atom is 0.234 e. The van der Waals surface area contributed by atoms with Crippen LogP contribution in [0.2, 0.25) is 0 Å². The second-order valence-electron chi connectivity index (χ2n) is 6.92. The van der Waals surface area contributed by atoms with Crippen LogP contribution < -0.4 is 5.32 Å². The van der Waals surface area contributed by atoms with Gasteiger partial charge in [0.2, 0.25) is 11.7 Å². The molecular weight excluding hydrogens is 412 g/mol. The van der Waals surface area contributed by atoms with E-state index in [1.807, 2.05) is 41.8 Å². The molecule has 1 amide bonds. The Morgan fingerprint density at radius 1 is 1.03 bits per heavy atom. The van der Waals surface area contributed by atoms with Crippen LogP contribution in [-0.2, 0) is 4.79 Å². The van der Waals surface area contributed by atoms with Crippen molar-refractivity contribution in [2.24, 2.45) is 0 Å². The first kappa shape index (κ1) is 20.6. The minimum atomic E-state index is -0.182. The molecule has 7 nitrogen and oxygen atoms in total. The highest BCUT2D eigenvalue weighted by Gasteiger charge is 2.19. The van der Waals surface area contributed by atoms with Crippen LogP contribution in [0.1, 0.15) is 22.8 Å². The molecule has 0 fully saturated rings. The molecule has 2 aromatic carbocycles. The molecular formula is C23H20N4O3S. The van der Waals surface area contributed by atoms with Crippen LogP contribution in [-0.4, -0.2) is 32.2 Å². The molecule has 8 heteroatoms. The molecule has 0 aliphatic heterocycles. The van der Waals surface area contributed by atoms with Crippen molar-refractivity contribution < 1.29 is 14.0 Å². The van der Waals surface area contributed by atoms with E-state index < -0.39 is 0 Å². The summed E-state index contributed by atoms with van der Waals surface area (Å²) >= 11 is 1.28. The molecule has 0 unspecified atom stereocenters. The molecule has 2 aromatic heterocycles. The van der Waals surface area contributed by atoms with Crippen molar-refractivity contribution in [1.82, 2.24) is 14.8 Å². The van der Waals surface area contributed by atoms with Gasteiger partial charge in [0.1, 0.15) is 0 Å². The Kier molecular flexibility index (Phi) is 5.99. The van der Waals surface area contributed by atoms with E-state index in [0.29, 0.717) is 28.0 Å². The second-order valence-corrected chi connectivity index (χ2v) is 7.87. The molecule has 2 heterocycles. The lowest BCUT2D eigenvalue weighted by molar-refractivity contribution is -0.113. The fourth-order valence-electron chi connectivity index (χ4n) is 2.97. The molecule has 156 valence electrons. The summed E-state index contributed by atoms with van der Waals surface area (Å²) in [6.45, 7) is 3.53. The minimum absolute atomic E-state index is 0.0174. The number of ketones is 1. The zero-order valence-corrected chi connectivity index (χ0v) is 17.8. The number of benzene rings is 2. The number of carbonyl (C=O) groups excluding carboxylic acids is 2. The number of anilines is 1.